The second-order valence-corrected chi connectivity index (χ2v) is 17.6. The molecule has 1 aliphatic carbocycles. The number of hydrogen-bond donors (Lipinski definition) is 0. The molecule has 0 aromatic heterocycles. The molecule has 57 heavy (non-hydrogen) atoms. The van der Waals surface area contributed by atoms with E-state index >= 15 is 0 Å². The Labute approximate surface area is 351 Å². The first kappa shape index (κ1) is 49.0. The molecule has 1 amide bonds. The molecule has 1 saturated heterocycles. The van der Waals surface area contributed by atoms with Crippen LogP contribution in [0.4, 0.5) is 4.79 Å². The zero-order valence-electron chi connectivity index (χ0n) is 37.5. The van der Waals surface area contributed by atoms with E-state index in [1.165, 1.54) is 141 Å². The van der Waals surface area contributed by atoms with Gasteiger partial charge in [0.15, 0.2) is 5.79 Å². The van der Waals surface area contributed by atoms with Gasteiger partial charge in [-0.3, -0.25) is 0 Å². The van der Waals surface area contributed by atoms with Crippen molar-refractivity contribution in [2.75, 3.05) is 7.05 Å². The number of ether oxygens (including phenoxy) is 3. The summed E-state index contributed by atoms with van der Waals surface area (Å²) >= 11 is 0. The highest BCUT2D eigenvalue weighted by molar-refractivity contribution is 5.67. The summed E-state index contributed by atoms with van der Waals surface area (Å²) in [5.74, 6) is 0.377. The second kappa shape index (κ2) is 31.5. The summed E-state index contributed by atoms with van der Waals surface area (Å²) in [7, 11) is 1.87. The van der Waals surface area contributed by atoms with Crippen molar-refractivity contribution >= 4 is 6.09 Å². The number of carbonyl (C=O) groups excluding carboxylic acids is 1. The van der Waals surface area contributed by atoms with Crippen LogP contribution in [-0.4, -0.2) is 42.1 Å². The van der Waals surface area contributed by atoms with Gasteiger partial charge in [0.1, 0.15) is 6.61 Å². The Kier molecular flexibility index (Phi) is 27.1. The molecule has 2 unspecified atom stereocenters. The van der Waals surface area contributed by atoms with Crippen LogP contribution < -0.4 is 0 Å². The number of carbonyl (C=O) groups is 1. The van der Waals surface area contributed by atoms with E-state index in [-0.39, 0.29) is 24.3 Å². The highest BCUT2D eigenvalue weighted by atomic mass is 16.8. The molecule has 5 atom stereocenters. The van der Waals surface area contributed by atoms with Gasteiger partial charge in [-0.25, -0.2) is 4.79 Å². The second-order valence-electron chi connectivity index (χ2n) is 17.6. The van der Waals surface area contributed by atoms with Crippen LogP contribution in [0.1, 0.15) is 213 Å². The molecular weight excluding hydrogens is 703 g/mol. The van der Waals surface area contributed by atoms with Gasteiger partial charge in [-0.05, 0) is 95.0 Å². The molecule has 2 aliphatic rings. The molecule has 0 N–H and O–H groups in total. The van der Waals surface area contributed by atoms with E-state index < -0.39 is 5.79 Å². The van der Waals surface area contributed by atoms with Crippen molar-refractivity contribution in [3.05, 3.63) is 72.4 Å². The Hall–Kier alpha value is -2.37. The standard InChI is InChI=1S/C52H87NO4/c1-5-7-9-11-13-14-15-16-17-18-19-20-21-24-28-35-41-52(42-36-29-25-23-27-32-38-46(3)37-31-26-22-12-10-8-6-2)56-49-43-48(44-50(49)57-52)53(4)51(54)55-45-47-39-33-30-34-40-47/h13-14,16-17,22,26,30,33-34,39-40,46,48-50H,5-12,15,18-21,23-25,27-29,31-32,35-38,41-45H2,1-4H3/b14-13-,17-16-,26-22-/t46?,48-,49-,50+,52?. The molecule has 1 aromatic rings. The van der Waals surface area contributed by atoms with Crippen LogP contribution in [0.15, 0.2) is 66.8 Å². The van der Waals surface area contributed by atoms with Crippen LogP contribution in [0, 0.1) is 5.92 Å². The van der Waals surface area contributed by atoms with Gasteiger partial charge in [0.25, 0.3) is 0 Å². The molecule has 324 valence electrons. The number of rotatable bonds is 34. The lowest BCUT2D eigenvalue weighted by Crippen LogP contribution is -2.38. The molecule has 5 nitrogen and oxygen atoms in total. The Morgan fingerprint density at radius 2 is 1.16 bits per heavy atom. The third-order valence-corrected chi connectivity index (χ3v) is 12.4. The fourth-order valence-corrected chi connectivity index (χ4v) is 8.66. The molecule has 0 bridgehead atoms. The number of fused-ring (bicyclic) bond motifs is 1. The van der Waals surface area contributed by atoms with E-state index in [2.05, 4.69) is 57.2 Å². The molecule has 1 heterocycles. The van der Waals surface area contributed by atoms with Crippen LogP contribution in [0.2, 0.25) is 0 Å². The van der Waals surface area contributed by atoms with E-state index in [1.54, 1.807) is 4.90 Å². The molecule has 3 rings (SSSR count). The Bertz CT molecular complexity index is 1200. The number of nitrogens with zero attached hydrogens (tertiary/aromatic N) is 1. The van der Waals surface area contributed by atoms with Gasteiger partial charge < -0.3 is 19.1 Å². The van der Waals surface area contributed by atoms with Gasteiger partial charge in [-0.15, -0.1) is 0 Å². The summed E-state index contributed by atoms with van der Waals surface area (Å²) in [6, 6.07) is 9.98. The van der Waals surface area contributed by atoms with E-state index in [9.17, 15) is 4.79 Å². The minimum absolute atomic E-state index is 0.0579. The molecule has 5 heteroatoms. The van der Waals surface area contributed by atoms with E-state index in [1.807, 2.05) is 37.4 Å². The Balaban J connectivity index is 1.34. The summed E-state index contributed by atoms with van der Waals surface area (Å²) < 4.78 is 19.5. The van der Waals surface area contributed by atoms with E-state index in [0.717, 1.165) is 56.4 Å². The summed E-state index contributed by atoms with van der Waals surface area (Å²) in [5, 5.41) is 0. The van der Waals surface area contributed by atoms with Crippen molar-refractivity contribution in [2.45, 2.75) is 238 Å². The summed E-state index contributed by atoms with van der Waals surface area (Å²) in [6.45, 7) is 7.27. The quantitative estimate of drug-likeness (QED) is 0.0515. The van der Waals surface area contributed by atoms with E-state index in [4.69, 9.17) is 14.2 Å². The average molecular weight is 790 g/mol. The fourth-order valence-electron chi connectivity index (χ4n) is 8.66. The maximum absolute atomic E-state index is 12.9. The van der Waals surface area contributed by atoms with Gasteiger partial charge in [0, 0.05) is 25.9 Å². The lowest BCUT2D eigenvalue weighted by Gasteiger charge is -2.31. The summed E-state index contributed by atoms with van der Waals surface area (Å²) in [4.78, 5) is 14.7. The van der Waals surface area contributed by atoms with Crippen molar-refractivity contribution < 1.29 is 19.0 Å². The normalized spacial score (nSPS) is 21.3. The number of benzene rings is 1. The molecule has 2 fully saturated rings. The number of unbranched alkanes of at least 4 members (excludes halogenated alkanes) is 17. The van der Waals surface area contributed by atoms with Crippen LogP contribution in [0.5, 0.6) is 0 Å². The summed E-state index contributed by atoms with van der Waals surface area (Å²) in [5.41, 5.74) is 1.00. The number of hydrogen-bond acceptors (Lipinski definition) is 4. The van der Waals surface area contributed by atoms with Gasteiger partial charge in [-0.2, -0.15) is 0 Å². The zero-order chi connectivity index (χ0) is 40.7. The highest BCUT2D eigenvalue weighted by Gasteiger charge is 2.52. The maximum atomic E-state index is 12.9. The fraction of sp³-hybridized carbons (Fsp3) is 0.750. The highest BCUT2D eigenvalue weighted by Crippen LogP contribution is 2.45. The predicted octanol–water partition coefficient (Wildman–Crippen LogP) is 15.8. The smallest absolute Gasteiger partial charge is 0.410 e. The average Bonchev–Trinajstić information content (AvgIpc) is 3.77. The first-order chi connectivity index (χ1) is 28.0. The van der Waals surface area contributed by atoms with Crippen molar-refractivity contribution in [3.8, 4) is 0 Å². The first-order valence-corrected chi connectivity index (χ1v) is 24.2. The van der Waals surface area contributed by atoms with Gasteiger partial charge >= 0.3 is 6.09 Å². The number of amides is 1. The molecule has 1 aliphatic heterocycles. The van der Waals surface area contributed by atoms with Crippen molar-refractivity contribution in [2.24, 2.45) is 5.92 Å². The largest absolute Gasteiger partial charge is 0.445 e. The van der Waals surface area contributed by atoms with Crippen LogP contribution in [-0.2, 0) is 20.8 Å². The van der Waals surface area contributed by atoms with Crippen LogP contribution >= 0.6 is 0 Å². The van der Waals surface area contributed by atoms with Crippen molar-refractivity contribution in [1.82, 2.24) is 4.90 Å². The molecule has 1 saturated carbocycles. The van der Waals surface area contributed by atoms with E-state index in [0.29, 0.717) is 6.61 Å². The third kappa shape index (κ3) is 22.0. The maximum Gasteiger partial charge on any atom is 0.410 e. The monoisotopic (exact) mass is 790 g/mol. The molecule has 0 spiro atoms. The SMILES string of the molecule is CCCCC/C=C\C/C=C\CCCCCCCCC1(CCCCCCCCC(C)CC/C=C\CCCCC)O[C@H]2C[C@H](N(C)C(=O)OCc3ccccc3)C[C@H]2O1. The van der Waals surface area contributed by atoms with Crippen molar-refractivity contribution in [1.29, 1.82) is 0 Å². The Morgan fingerprint density at radius 1 is 0.667 bits per heavy atom. The first-order valence-electron chi connectivity index (χ1n) is 24.2. The van der Waals surface area contributed by atoms with Gasteiger partial charge in [-0.1, -0.05) is 177 Å². The molecule has 1 aromatic carbocycles. The minimum Gasteiger partial charge on any atom is -0.445 e. The van der Waals surface area contributed by atoms with Crippen molar-refractivity contribution in [3.63, 3.8) is 0 Å². The lowest BCUT2D eigenvalue weighted by atomic mass is 9.96. The van der Waals surface area contributed by atoms with Crippen LogP contribution in [0.3, 0.4) is 0 Å². The molecule has 0 radical (unpaired) electrons. The molecular formula is C52H87NO4. The minimum atomic E-state index is -0.457. The zero-order valence-corrected chi connectivity index (χ0v) is 37.5. The predicted molar refractivity (Wildman–Crippen MR) is 242 cm³/mol. The number of allylic oxidation sites excluding steroid dienone is 6. The van der Waals surface area contributed by atoms with Gasteiger partial charge in [0.05, 0.1) is 12.2 Å². The van der Waals surface area contributed by atoms with Gasteiger partial charge in [0.2, 0.25) is 0 Å². The Morgan fingerprint density at radius 3 is 1.74 bits per heavy atom. The topological polar surface area (TPSA) is 48.0 Å². The van der Waals surface area contributed by atoms with Crippen LogP contribution in [0.25, 0.3) is 0 Å². The third-order valence-electron chi connectivity index (χ3n) is 12.4. The summed E-state index contributed by atoms with van der Waals surface area (Å²) in [6.07, 6.45) is 49.8. The lowest BCUT2D eigenvalue weighted by molar-refractivity contribution is -0.192.